The van der Waals surface area contributed by atoms with Gasteiger partial charge in [-0.15, -0.1) is 0 Å². The molecule has 0 rings (SSSR count). The molecule has 128 valence electrons. The number of amides is 2. The maximum atomic E-state index is 12.0. The molecule has 0 aromatic heterocycles. The lowest BCUT2D eigenvalue weighted by molar-refractivity contribution is 0.0588. The van der Waals surface area contributed by atoms with Crippen molar-refractivity contribution < 1.29 is 18.8 Å². The second-order valence-corrected chi connectivity index (χ2v) is 12.7. The lowest BCUT2D eigenvalue weighted by atomic mass is 10.2. The summed E-state index contributed by atoms with van der Waals surface area (Å²) in [6.07, 6.45) is -1.70. The maximum Gasteiger partial charge on any atom is 0.453 e. The van der Waals surface area contributed by atoms with Crippen LogP contribution in [0.3, 0.4) is 0 Å². The molecule has 0 saturated heterocycles. The molecule has 0 heterocycles. The molecule has 0 aromatic carbocycles. The average Bonchev–Trinajstić information content (AvgIpc) is 2.29. The SMILES string of the molecule is CC(C)[Si](OC(=O)N=NC(=O)OC(C)(C)C)(C(C)C)C(C)C. The molecule has 0 N–H and O–H groups in total. The van der Waals surface area contributed by atoms with Crippen LogP contribution in [0.25, 0.3) is 0 Å². The van der Waals surface area contributed by atoms with Gasteiger partial charge in [-0.2, -0.15) is 0 Å². The monoisotopic (exact) mass is 330 g/mol. The molecule has 0 unspecified atom stereocenters. The maximum absolute atomic E-state index is 12.0. The van der Waals surface area contributed by atoms with E-state index in [0.717, 1.165) is 0 Å². The first-order chi connectivity index (χ1) is 9.82. The van der Waals surface area contributed by atoms with Crippen molar-refractivity contribution in [2.45, 2.75) is 84.5 Å². The molecule has 0 aromatic rings. The van der Waals surface area contributed by atoms with Crippen molar-refractivity contribution >= 4 is 20.5 Å². The molecule has 0 aliphatic rings. The Labute approximate surface area is 134 Å². The van der Waals surface area contributed by atoms with Crippen LogP contribution in [-0.2, 0) is 9.16 Å². The fourth-order valence-corrected chi connectivity index (χ4v) is 7.94. The number of carbonyl (C=O) groups is 2. The molecule has 0 bridgehead atoms. The van der Waals surface area contributed by atoms with Crippen LogP contribution in [-0.4, -0.2) is 26.1 Å². The van der Waals surface area contributed by atoms with Gasteiger partial charge < -0.3 is 9.16 Å². The van der Waals surface area contributed by atoms with Gasteiger partial charge in [-0.25, -0.2) is 9.59 Å². The van der Waals surface area contributed by atoms with E-state index in [0.29, 0.717) is 0 Å². The predicted octanol–water partition coefficient (Wildman–Crippen LogP) is 5.69. The van der Waals surface area contributed by atoms with E-state index in [9.17, 15) is 9.59 Å². The van der Waals surface area contributed by atoms with Crippen LogP contribution >= 0.6 is 0 Å². The largest absolute Gasteiger partial charge is 0.500 e. The van der Waals surface area contributed by atoms with Crippen LogP contribution in [0.2, 0.25) is 16.6 Å². The standard InChI is InChI=1S/C15H30N2O4Si/c1-10(2)22(11(3)4,12(5)6)21-14(19)17-16-13(18)20-15(7,8)9/h10-12H,1-9H3. The summed E-state index contributed by atoms with van der Waals surface area (Å²) < 4.78 is 10.7. The lowest BCUT2D eigenvalue weighted by Gasteiger charge is -2.40. The van der Waals surface area contributed by atoms with Gasteiger partial charge in [-0.1, -0.05) is 51.8 Å². The molecule has 0 aliphatic heterocycles. The van der Waals surface area contributed by atoms with Gasteiger partial charge in [0.2, 0.25) is 0 Å². The number of hydrogen-bond acceptors (Lipinski definition) is 4. The fraction of sp³-hybridized carbons (Fsp3) is 0.867. The summed E-state index contributed by atoms with van der Waals surface area (Å²) in [6.45, 7) is 17.5. The Morgan fingerprint density at radius 1 is 0.818 bits per heavy atom. The molecule has 0 fully saturated rings. The van der Waals surface area contributed by atoms with Crippen LogP contribution in [0.15, 0.2) is 10.2 Å². The summed E-state index contributed by atoms with van der Waals surface area (Å²) in [7, 11) is -2.36. The normalized spacial score (nSPS) is 13.3. The summed E-state index contributed by atoms with van der Waals surface area (Å²) in [5, 5.41) is 6.65. The number of rotatable bonds is 4. The van der Waals surface area contributed by atoms with Gasteiger partial charge in [0.05, 0.1) is 0 Å². The number of hydrogen-bond donors (Lipinski definition) is 0. The van der Waals surface area contributed by atoms with Gasteiger partial charge >= 0.3 is 12.2 Å². The highest BCUT2D eigenvalue weighted by atomic mass is 28.4. The van der Waals surface area contributed by atoms with Crippen molar-refractivity contribution in [1.82, 2.24) is 0 Å². The van der Waals surface area contributed by atoms with Crippen LogP contribution in [0.5, 0.6) is 0 Å². The summed E-state index contributed by atoms with van der Waals surface area (Å²) >= 11 is 0. The number of nitrogens with zero attached hydrogens (tertiary/aromatic N) is 2. The molecule has 0 spiro atoms. The van der Waals surface area contributed by atoms with Crippen molar-refractivity contribution in [2.24, 2.45) is 10.2 Å². The second-order valence-electron chi connectivity index (χ2n) is 7.37. The Bertz CT molecular complexity index is 404. The van der Waals surface area contributed by atoms with Crippen LogP contribution < -0.4 is 0 Å². The number of azo groups is 1. The minimum Gasteiger partial charge on any atom is -0.500 e. The zero-order valence-corrected chi connectivity index (χ0v) is 16.3. The summed E-state index contributed by atoms with van der Waals surface area (Å²) in [4.78, 5) is 23.4. The van der Waals surface area contributed by atoms with Crippen LogP contribution in [0.1, 0.15) is 62.3 Å². The highest BCUT2D eigenvalue weighted by molar-refractivity contribution is 6.78. The average molecular weight is 331 g/mol. The highest BCUT2D eigenvalue weighted by Crippen LogP contribution is 2.42. The summed E-state index contributed by atoms with van der Waals surface area (Å²) in [6, 6.07) is 0. The lowest BCUT2D eigenvalue weighted by Crippen LogP contribution is -2.48. The van der Waals surface area contributed by atoms with Gasteiger partial charge in [0.25, 0.3) is 8.32 Å². The first kappa shape index (κ1) is 20.8. The zero-order chi connectivity index (χ0) is 17.7. The molecular weight excluding hydrogens is 300 g/mol. The minimum absolute atomic E-state index is 0.244. The van der Waals surface area contributed by atoms with Crippen LogP contribution in [0.4, 0.5) is 9.59 Å². The van der Waals surface area contributed by atoms with E-state index in [-0.39, 0.29) is 16.6 Å². The van der Waals surface area contributed by atoms with Gasteiger partial charge in [0.1, 0.15) is 5.60 Å². The highest BCUT2D eigenvalue weighted by Gasteiger charge is 2.48. The van der Waals surface area contributed by atoms with Gasteiger partial charge in [0.15, 0.2) is 0 Å². The van der Waals surface area contributed by atoms with E-state index in [1.54, 1.807) is 20.8 Å². The van der Waals surface area contributed by atoms with E-state index >= 15 is 0 Å². The number of carbonyl (C=O) groups excluding carboxylic acids is 2. The van der Waals surface area contributed by atoms with E-state index in [4.69, 9.17) is 9.16 Å². The third kappa shape index (κ3) is 5.86. The Morgan fingerprint density at radius 2 is 1.18 bits per heavy atom. The van der Waals surface area contributed by atoms with E-state index in [1.807, 2.05) is 0 Å². The minimum atomic E-state index is -2.36. The van der Waals surface area contributed by atoms with Crippen molar-refractivity contribution in [2.75, 3.05) is 0 Å². The summed E-state index contributed by atoms with van der Waals surface area (Å²) in [5.41, 5.74) is 0.0568. The Morgan fingerprint density at radius 3 is 1.50 bits per heavy atom. The summed E-state index contributed by atoms with van der Waals surface area (Å²) in [5.74, 6) is 0. The quantitative estimate of drug-likeness (QED) is 0.490. The Kier molecular flexibility index (Phi) is 7.41. The molecule has 22 heavy (non-hydrogen) atoms. The van der Waals surface area contributed by atoms with Gasteiger partial charge in [-0.3, -0.25) is 0 Å². The first-order valence-electron chi connectivity index (χ1n) is 7.70. The zero-order valence-electron chi connectivity index (χ0n) is 15.3. The van der Waals surface area contributed by atoms with E-state index in [1.165, 1.54) is 0 Å². The third-order valence-corrected chi connectivity index (χ3v) is 9.52. The van der Waals surface area contributed by atoms with Crippen molar-refractivity contribution in [3.63, 3.8) is 0 Å². The second kappa shape index (κ2) is 7.85. The third-order valence-electron chi connectivity index (χ3n) is 3.58. The van der Waals surface area contributed by atoms with Crippen LogP contribution in [0, 0.1) is 0 Å². The molecule has 2 amide bonds. The Hall–Kier alpha value is -1.24. The molecule has 0 atom stereocenters. The molecular formula is C15H30N2O4Si. The Balaban J connectivity index is 5.04. The smallest absolute Gasteiger partial charge is 0.453 e. The van der Waals surface area contributed by atoms with Crippen molar-refractivity contribution in [3.05, 3.63) is 0 Å². The molecule has 6 nitrogen and oxygen atoms in total. The first-order valence-corrected chi connectivity index (χ1v) is 9.84. The molecule has 0 saturated carbocycles. The topological polar surface area (TPSA) is 77.3 Å². The van der Waals surface area contributed by atoms with Gasteiger partial charge in [-0.05, 0) is 37.4 Å². The molecule has 7 heteroatoms. The van der Waals surface area contributed by atoms with Gasteiger partial charge in [0, 0.05) is 0 Å². The predicted molar refractivity (Wildman–Crippen MR) is 88.6 cm³/mol. The number of ether oxygens (including phenoxy) is 1. The molecule has 0 aliphatic carbocycles. The fourth-order valence-electron chi connectivity index (χ4n) is 2.89. The molecule has 0 radical (unpaired) electrons. The van der Waals surface area contributed by atoms with Crippen molar-refractivity contribution in [1.29, 1.82) is 0 Å². The van der Waals surface area contributed by atoms with E-state index < -0.39 is 26.1 Å². The van der Waals surface area contributed by atoms with Crippen molar-refractivity contribution in [3.8, 4) is 0 Å². The van der Waals surface area contributed by atoms with E-state index in [2.05, 4.69) is 51.8 Å².